The Balaban J connectivity index is 4.27. The molecule has 0 nitrogen and oxygen atoms in total. The molecule has 0 N–H and O–H groups in total. The van der Waals surface area contributed by atoms with Crippen LogP contribution >= 0.6 is 8.20 Å². The molecule has 0 aliphatic rings. The summed E-state index contributed by atoms with van der Waals surface area (Å²) in [4.78, 5) is 0. The Morgan fingerprint density at radius 2 is 1.64 bits per heavy atom. The lowest BCUT2D eigenvalue weighted by Gasteiger charge is -1.94. The van der Waals surface area contributed by atoms with Crippen molar-refractivity contribution in [3.05, 3.63) is 22.5 Å². The molecule has 0 bridgehead atoms. The Kier molecular flexibility index (Phi) is 5.15. The van der Waals surface area contributed by atoms with E-state index in [9.17, 15) is 0 Å². The van der Waals surface area contributed by atoms with E-state index < -0.39 is 0 Å². The van der Waals surface area contributed by atoms with E-state index >= 15 is 0 Å². The average Bonchev–Trinajstić information content (AvgIpc) is 1.99. The van der Waals surface area contributed by atoms with Crippen molar-refractivity contribution in [2.75, 3.05) is 0 Å². The highest BCUT2D eigenvalue weighted by Gasteiger charge is 1.85. The lowest BCUT2D eigenvalue weighted by molar-refractivity contribution is 1.33. The molecule has 0 radical (unpaired) electrons. The normalized spacial score (nSPS) is 12.3. The molecule has 0 rings (SSSR count). The van der Waals surface area contributed by atoms with Crippen LogP contribution in [0.25, 0.3) is 0 Å². The molecule has 0 spiro atoms. The van der Waals surface area contributed by atoms with Gasteiger partial charge in [0, 0.05) is 0 Å². The molecule has 0 saturated heterocycles. The van der Waals surface area contributed by atoms with Gasteiger partial charge < -0.3 is 0 Å². The third-order valence-corrected chi connectivity index (χ3v) is 2.85. The van der Waals surface area contributed by atoms with Crippen molar-refractivity contribution in [1.29, 1.82) is 0 Å². The average molecular weight is 168 g/mol. The predicted molar refractivity (Wildman–Crippen MR) is 56.5 cm³/mol. The number of hydrogen-bond donors (Lipinski definition) is 0. The first-order valence-corrected chi connectivity index (χ1v) is 4.85. The van der Waals surface area contributed by atoms with E-state index in [1.807, 2.05) is 0 Å². The van der Waals surface area contributed by atoms with Crippen LogP contribution in [-0.4, -0.2) is 5.80 Å². The molecule has 0 aromatic heterocycles. The summed E-state index contributed by atoms with van der Waals surface area (Å²) in [5, 5.41) is 1.41. The van der Waals surface area contributed by atoms with Crippen molar-refractivity contribution in [3.63, 3.8) is 0 Å². The van der Waals surface area contributed by atoms with E-state index in [-0.39, 0.29) is 0 Å². The Morgan fingerprint density at radius 3 is 2.00 bits per heavy atom. The topological polar surface area (TPSA) is 0 Å². The molecule has 0 fully saturated rings. The maximum Gasteiger partial charge on any atom is -0.0280 e. The van der Waals surface area contributed by atoms with Crippen LogP contribution in [0.4, 0.5) is 0 Å². The van der Waals surface area contributed by atoms with Gasteiger partial charge >= 0.3 is 0 Å². The van der Waals surface area contributed by atoms with Crippen molar-refractivity contribution in [2.24, 2.45) is 0 Å². The summed E-state index contributed by atoms with van der Waals surface area (Å²) in [6, 6.07) is 0. The first kappa shape index (κ1) is 10.7. The second-order valence-corrected chi connectivity index (χ2v) is 4.09. The van der Waals surface area contributed by atoms with Gasteiger partial charge in [-0.05, 0) is 51.3 Å². The van der Waals surface area contributed by atoms with Crippen molar-refractivity contribution in [1.82, 2.24) is 0 Å². The Morgan fingerprint density at radius 1 is 1.09 bits per heavy atom. The van der Waals surface area contributed by atoms with Crippen LogP contribution in [-0.2, 0) is 0 Å². The lowest BCUT2D eigenvalue weighted by atomic mass is 10.2. The molecule has 0 saturated carbocycles. The molecule has 0 aliphatic carbocycles. The number of hydrogen-bond acceptors (Lipinski definition) is 0. The van der Waals surface area contributed by atoms with E-state index in [0.717, 1.165) is 0 Å². The van der Waals surface area contributed by atoms with Gasteiger partial charge in [0.05, 0.1) is 0 Å². The first-order valence-electron chi connectivity index (χ1n) is 3.89. The van der Waals surface area contributed by atoms with E-state index in [4.69, 9.17) is 0 Å². The highest BCUT2D eigenvalue weighted by Crippen LogP contribution is 2.13. The monoisotopic (exact) mass is 168 g/mol. The Labute approximate surface area is 71.8 Å². The second-order valence-electron chi connectivity index (χ2n) is 2.87. The lowest BCUT2D eigenvalue weighted by Crippen LogP contribution is -1.77. The zero-order valence-electron chi connectivity index (χ0n) is 8.10. The van der Waals surface area contributed by atoms with Gasteiger partial charge in [-0.2, -0.15) is 0 Å². The Hall–Kier alpha value is -0.350. The fourth-order valence-electron chi connectivity index (χ4n) is 0.402. The van der Waals surface area contributed by atoms with Crippen LogP contribution in [0.1, 0.15) is 34.6 Å². The minimum Gasteiger partial charge on any atom is -0.0801 e. The van der Waals surface area contributed by atoms with Gasteiger partial charge in [-0.15, -0.1) is 0 Å². The third-order valence-electron chi connectivity index (χ3n) is 1.67. The standard InChI is InChI=1S/C10H17P/c1-6-10(5)11-7-9(4)8(2)3/h6-7H,1-5H3. The Bertz CT molecular complexity index is 203. The maximum absolute atomic E-state index is 2.25. The van der Waals surface area contributed by atoms with Gasteiger partial charge in [0.25, 0.3) is 0 Å². The first-order chi connectivity index (χ1) is 5.07. The van der Waals surface area contributed by atoms with Gasteiger partial charge in [-0.3, -0.25) is 0 Å². The molecule has 0 aliphatic heterocycles. The van der Waals surface area contributed by atoms with Crippen LogP contribution in [0.15, 0.2) is 22.5 Å². The van der Waals surface area contributed by atoms with Crippen LogP contribution in [0.5, 0.6) is 0 Å². The third kappa shape index (κ3) is 4.98. The molecule has 0 heterocycles. The zero-order valence-corrected chi connectivity index (χ0v) is 9.00. The van der Waals surface area contributed by atoms with E-state index in [0.29, 0.717) is 0 Å². The van der Waals surface area contributed by atoms with Gasteiger partial charge in [-0.25, -0.2) is 0 Å². The summed E-state index contributed by atoms with van der Waals surface area (Å²) in [6.45, 7) is 10.7. The molecule has 0 aromatic carbocycles. The summed E-state index contributed by atoms with van der Waals surface area (Å²) in [6.07, 6.45) is 2.15. The van der Waals surface area contributed by atoms with Crippen LogP contribution in [0.2, 0.25) is 0 Å². The molecule has 0 aromatic rings. The summed E-state index contributed by atoms with van der Waals surface area (Å²) in [5.74, 6) is 2.25. The summed E-state index contributed by atoms with van der Waals surface area (Å²) in [5.41, 5.74) is 2.80. The van der Waals surface area contributed by atoms with Crippen molar-refractivity contribution >= 4 is 14.0 Å². The minimum atomic E-state index is 1.32. The van der Waals surface area contributed by atoms with Gasteiger partial charge in [0.2, 0.25) is 0 Å². The minimum absolute atomic E-state index is 1.32. The molecule has 0 amide bonds. The van der Waals surface area contributed by atoms with Crippen LogP contribution in [0, 0.1) is 0 Å². The molecule has 0 unspecified atom stereocenters. The highest BCUT2D eigenvalue weighted by molar-refractivity contribution is 7.43. The van der Waals surface area contributed by atoms with E-state index in [1.54, 1.807) is 0 Å². The van der Waals surface area contributed by atoms with E-state index in [1.165, 1.54) is 24.7 Å². The number of rotatable bonds is 2. The summed E-state index contributed by atoms with van der Waals surface area (Å²) >= 11 is 0. The van der Waals surface area contributed by atoms with Crippen molar-refractivity contribution in [3.8, 4) is 0 Å². The maximum atomic E-state index is 2.25. The van der Waals surface area contributed by atoms with Crippen molar-refractivity contribution in [2.45, 2.75) is 34.6 Å². The molecular formula is C10H17P. The fourth-order valence-corrected chi connectivity index (χ4v) is 1.21. The molecular weight excluding hydrogens is 151 g/mol. The number of allylic oxidation sites excluding steroid dienone is 4. The summed E-state index contributed by atoms with van der Waals surface area (Å²) in [7, 11) is 1.32. The van der Waals surface area contributed by atoms with Gasteiger partial charge in [-0.1, -0.05) is 19.9 Å². The van der Waals surface area contributed by atoms with Crippen LogP contribution < -0.4 is 0 Å². The SMILES string of the molecule is CC=C(C)P=CC(C)=C(C)C. The quantitative estimate of drug-likeness (QED) is 0.546. The van der Waals surface area contributed by atoms with Crippen molar-refractivity contribution < 1.29 is 0 Å². The summed E-state index contributed by atoms with van der Waals surface area (Å²) < 4.78 is 0. The predicted octanol–water partition coefficient (Wildman–Crippen LogP) is 4.01. The zero-order chi connectivity index (χ0) is 8.85. The molecule has 1 heteroatoms. The van der Waals surface area contributed by atoms with Gasteiger partial charge in [0.1, 0.15) is 0 Å². The van der Waals surface area contributed by atoms with E-state index in [2.05, 4.69) is 46.5 Å². The smallest absolute Gasteiger partial charge is 0.0280 e. The molecule has 62 valence electrons. The molecule has 11 heavy (non-hydrogen) atoms. The molecule has 0 atom stereocenters. The second kappa shape index (κ2) is 5.32. The fraction of sp³-hybridized carbons (Fsp3) is 0.500. The highest BCUT2D eigenvalue weighted by atomic mass is 31.1. The van der Waals surface area contributed by atoms with Gasteiger partial charge in [0.15, 0.2) is 0 Å². The largest absolute Gasteiger partial charge is 0.0801 e. The van der Waals surface area contributed by atoms with Crippen LogP contribution in [0.3, 0.4) is 0 Å².